The van der Waals surface area contributed by atoms with E-state index in [4.69, 9.17) is 4.74 Å². The summed E-state index contributed by atoms with van der Waals surface area (Å²) in [5, 5.41) is 1.29. The third kappa shape index (κ3) is 0.988. The fourth-order valence-electron chi connectivity index (χ4n) is 1.84. The van der Waals surface area contributed by atoms with Gasteiger partial charge in [-0.05, 0) is 13.0 Å². The summed E-state index contributed by atoms with van der Waals surface area (Å²) in [6, 6.07) is 8.33. The third-order valence-corrected chi connectivity index (χ3v) is 2.64. The SMILES string of the molecule is CC1OC1c1c[nH]c2ccccc12. The molecule has 0 radical (unpaired) electrons. The Morgan fingerprint density at radius 2 is 2.08 bits per heavy atom. The van der Waals surface area contributed by atoms with Crippen LogP contribution in [-0.2, 0) is 4.74 Å². The molecule has 1 aromatic carbocycles. The van der Waals surface area contributed by atoms with E-state index in [0.717, 1.165) is 0 Å². The van der Waals surface area contributed by atoms with Crippen molar-refractivity contribution >= 4 is 10.9 Å². The first kappa shape index (κ1) is 7.15. The van der Waals surface area contributed by atoms with Gasteiger partial charge in [-0.2, -0.15) is 0 Å². The molecule has 2 aromatic rings. The molecule has 13 heavy (non-hydrogen) atoms. The van der Waals surface area contributed by atoms with E-state index in [1.807, 2.05) is 6.07 Å². The Morgan fingerprint density at radius 1 is 1.31 bits per heavy atom. The molecule has 1 aromatic heterocycles. The number of epoxide rings is 1. The second kappa shape index (κ2) is 2.36. The standard InChI is InChI=1S/C11H11NO/c1-7-11(13-7)9-6-12-10-5-3-2-4-8(9)10/h2-7,11-12H,1H3. The molecule has 2 atom stereocenters. The zero-order valence-electron chi connectivity index (χ0n) is 7.45. The van der Waals surface area contributed by atoms with Gasteiger partial charge in [-0.3, -0.25) is 0 Å². The minimum absolute atomic E-state index is 0.316. The molecule has 1 N–H and O–H groups in total. The molecular weight excluding hydrogens is 162 g/mol. The van der Waals surface area contributed by atoms with Crippen molar-refractivity contribution in [3.63, 3.8) is 0 Å². The largest absolute Gasteiger partial charge is 0.365 e. The topological polar surface area (TPSA) is 28.3 Å². The monoisotopic (exact) mass is 173 g/mol. The lowest BCUT2D eigenvalue weighted by molar-refractivity contribution is 0.384. The van der Waals surface area contributed by atoms with E-state index in [9.17, 15) is 0 Å². The Morgan fingerprint density at radius 3 is 2.85 bits per heavy atom. The van der Waals surface area contributed by atoms with Crippen LogP contribution in [0.5, 0.6) is 0 Å². The maximum absolute atomic E-state index is 5.45. The Balaban J connectivity index is 2.19. The number of aromatic amines is 1. The summed E-state index contributed by atoms with van der Waals surface area (Å²) in [7, 11) is 0. The summed E-state index contributed by atoms with van der Waals surface area (Å²) in [6.07, 6.45) is 2.76. The third-order valence-electron chi connectivity index (χ3n) is 2.64. The minimum atomic E-state index is 0.316. The van der Waals surface area contributed by atoms with Crippen molar-refractivity contribution in [2.24, 2.45) is 0 Å². The summed E-state index contributed by atoms with van der Waals surface area (Å²) in [5.41, 5.74) is 2.49. The Hall–Kier alpha value is -1.28. The van der Waals surface area contributed by atoms with Crippen LogP contribution < -0.4 is 0 Å². The molecule has 1 fully saturated rings. The highest BCUT2D eigenvalue weighted by molar-refractivity contribution is 5.83. The molecule has 1 aliphatic rings. The first-order valence-corrected chi connectivity index (χ1v) is 4.58. The number of fused-ring (bicyclic) bond motifs is 1. The molecule has 0 saturated carbocycles. The van der Waals surface area contributed by atoms with E-state index in [1.165, 1.54) is 16.5 Å². The van der Waals surface area contributed by atoms with Gasteiger partial charge in [0.25, 0.3) is 0 Å². The van der Waals surface area contributed by atoms with Gasteiger partial charge in [0, 0.05) is 22.7 Å². The molecule has 66 valence electrons. The number of aromatic nitrogens is 1. The summed E-state index contributed by atoms with van der Waals surface area (Å²) in [4.78, 5) is 3.25. The Kier molecular flexibility index (Phi) is 1.30. The molecule has 0 amide bonds. The molecule has 2 nitrogen and oxygen atoms in total. The molecular formula is C11H11NO. The van der Waals surface area contributed by atoms with Crippen molar-refractivity contribution in [2.45, 2.75) is 19.1 Å². The smallest absolute Gasteiger partial charge is 0.111 e. The first-order valence-electron chi connectivity index (χ1n) is 4.58. The van der Waals surface area contributed by atoms with Crippen molar-refractivity contribution in [2.75, 3.05) is 0 Å². The number of H-pyrrole nitrogens is 1. The quantitative estimate of drug-likeness (QED) is 0.660. The van der Waals surface area contributed by atoms with Crippen molar-refractivity contribution < 1.29 is 4.74 Å². The lowest BCUT2D eigenvalue weighted by atomic mass is 10.1. The predicted octanol–water partition coefficient (Wildman–Crippen LogP) is 2.63. The Labute approximate surface area is 76.5 Å². The van der Waals surface area contributed by atoms with Gasteiger partial charge in [-0.15, -0.1) is 0 Å². The molecule has 2 heterocycles. The van der Waals surface area contributed by atoms with Crippen molar-refractivity contribution in [3.8, 4) is 0 Å². The van der Waals surface area contributed by atoms with Crippen molar-refractivity contribution in [1.29, 1.82) is 0 Å². The molecule has 2 unspecified atom stereocenters. The average Bonchev–Trinajstić information content (AvgIpc) is 2.74. The lowest BCUT2D eigenvalue weighted by Crippen LogP contribution is -1.79. The van der Waals surface area contributed by atoms with Crippen molar-refractivity contribution in [3.05, 3.63) is 36.0 Å². The molecule has 3 rings (SSSR count). The van der Waals surface area contributed by atoms with E-state index in [1.54, 1.807) is 0 Å². The van der Waals surface area contributed by atoms with Crippen LogP contribution in [0.2, 0.25) is 0 Å². The van der Waals surface area contributed by atoms with Crippen LogP contribution in [-0.4, -0.2) is 11.1 Å². The molecule has 1 aliphatic heterocycles. The number of hydrogen-bond acceptors (Lipinski definition) is 1. The molecule has 0 spiro atoms. The lowest BCUT2D eigenvalue weighted by Gasteiger charge is -1.91. The minimum Gasteiger partial charge on any atom is -0.365 e. The fourth-order valence-corrected chi connectivity index (χ4v) is 1.84. The molecule has 2 heteroatoms. The molecule has 0 aliphatic carbocycles. The van der Waals surface area contributed by atoms with Gasteiger partial charge in [0.2, 0.25) is 0 Å². The number of hydrogen-bond donors (Lipinski definition) is 1. The highest BCUT2D eigenvalue weighted by Gasteiger charge is 2.37. The second-order valence-corrected chi connectivity index (χ2v) is 3.55. The number of benzene rings is 1. The van der Waals surface area contributed by atoms with Gasteiger partial charge in [0.05, 0.1) is 6.10 Å². The zero-order chi connectivity index (χ0) is 8.84. The number of ether oxygens (including phenoxy) is 1. The summed E-state index contributed by atoms with van der Waals surface area (Å²) < 4.78 is 5.45. The maximum Gasteiger partial charge on any atom is 0.111 e. The molecule has 0 bridgehead atoms. The number of para-hydroxylation sites is 1. The highest BCUT2D eigenvalue weighted by Crippen LogP contribution is 2.41. The van der Waals surface area contributed by atoms with Gasteiger partial charge in [0.1, 0.15) is 6.10 Å². The van der Waals surface area contributed by atoms with Crippen LogP contribution in [0.3, 0.4) is 0 Å². The van der Waals surface area contributed by atoms with Gasteiger partial charge in [-0.25, -0.2) is 0 Å². The predicted molar refractivity (Wildman–Crippen MR) is 51.6 cm³/mol. The highest BCUT2D eigenvalue weighted by atomic mass is 16.6. The van der Waals surface area contributed by atoms with E-state index < -0.39 is 0 Å². The summed E-state index contributed by atoms with van der Waals surface area (Å²) >= 11 is 0. The van der Waals surface area contributed by atoms with E-state index >= 15 is 0 Å². The number of rotatable bonds is 1. The average molecular weight is 173 g/mol. The number of nitrogens with one attached hydrogen (secondary N) is 1. The second-order valence-electron chi connectivity index (χ2n) is 3.55. The van der Waals surface area contributed by atoms with Crippen LogP contribution in [0.4, 0.5) is 0 Å². The van der Waals surface area contributed by atoms with Crippen LogP contribution >= 0.6 is 0 Å². The van der Waals surface area contributed by atoms with Crippen LogP contribution in [0, 0.1) is 0 Å². The zero-order valence-corrected chi connectivity index (χ0v) is 7.45. The van der Waals surface area contributed by atoms with Crippen LogP contribution in [0.1, 0.15) is 18.6 Å². The van der Waals surface area contributed by atoms with Crippen LogP contribution in [0.15, 0.2) is 30.5 Å². The normalized spacial score (nSPS) is 26.5. The van der Waals surface area contributed by atoms with Crippen molar-refractivity contribution in [1.82, 2.24) is 4.98 Å². The van der Waals surface area contributed by atoms with Gasteiger partial charge >= 0.3 is 0 Å². The van der Waals surface area contributed by atoms with E-state index in [0.29, 0.717) is 12.2 Å². The van der Waals surface area contributed by atoms with Gasteiger partial charge in [-0.1, -0.05) is 18.2 Å². The Bertz CT molecular complexity index is 446. The van der Waals surface area contributed by atoms with E-state index in [2.05, 4.69) is 36.3 Å². The fraction of sp³-hybridized carbons (Fsp3) is 0.273. The first-order chi connectivity index (χ1) is 6.36. The summed E-state index contributed by atoms with van der Waals surface area (Å²) in [6.45, 7) is 2.10. The summed E-state index contributed by atoms with van der Waals surface area (Å²) in [5.74, 6) is 0. The molecule has 1 saturated heterocycles. The maximum atomic E-state index is 5.45. The van der Waals surface area contributed by atoms with Crippen LogP contribution in [0.25, 0.3) is 10.9 Å². The van der Waals surface area contributed by atoms with E-state index in [-0.39, 0.29) is 0 Å². The van der Waals surface area contributed by atoms with Gasteiger partial charge in [0.15, 0.2) is 0 Å². The van der Waals surface area contributed by atoms with Gasteiger partial charge < -0.3 is 9.72 Å².